The van der Waals surface area contributed by atoms with E-state index in [4.69, 9.17) is 6.42 Å². The largest absolute Gasteiger partial charge is 0.346 e. The lowest BCUT2D eigenvalue weighted by Gasteiger charge is -2.39. The monoisotopic (exact) mass is 716 g/mol. The number of imide groups is 1. The SMILES string of the molecule is C#C[C@H]1CCN(C(=O)[C@@H](NC(=O)N[C@H](CN2C(=O)Cc3ccccc3C2=O)C(C)(C)C)C(C)(C)C)[C@@H]1C(=O)NC(CC1CC1)C(=O)C(=O)NCC=C. The summed E-state index contributed by atoms with van der Waals surface area (Å²) in [5, 5.41) is 10.9. The Bertz CT molecular complexity index is 1650. The van der Waals surface area contributed by atoms with Gasteiger partial charge in [0.05, 0.1) is 24.4 Å². The zero-order valence-electron chi connectivity index (χ0n) is 31.0. The topological polar surface area (TPSA) is 174 Å². The molecule has 4 N–H and O–H groups in total. The molecule has 2 fully saturated rings. The van der Waals surface area contributed by atoms with Gasteiger partial charge in [-0.1, -0.05) is 78.7 Å². The summed E-state index contributed by atoms with van der Waals surface area (Å²) in [6, 6.07) is 2.18. The van der Waals surface area contributed by atoms with Crippen LogP contribution >= 0.6 is 0 Å². The molecule has 5 atom stereocenters. The van der Waals surface area contributed by atoms with E-state index in [1.807, 2.05) is 20.8 Å². The lowest BCUT2D eigenvalue weighted by molar-refractivity contribution is -0.144. The molecule has 52 heavy (non-hydrogen) atoms. The van der Waals surface area contributed by atoms with Crippen molar-refractivity contribution in [2.24, 2.45) is 22.7 Å². The van der Waals surface area contributed by atoms with Gasteiger partial charge in [0, 0.05) is 25.2 Å². The lowest BCUT2D eigenvalue weighted by atomic mass is 9.85. The number of amides is 7. The van der Waals surface area contributed by atoms with Crippen molar-refractivity contribution in [1.29, 1.82) is 0 Å². The summed E-state index contributed by atoms with van der Waals surface area (Å²) >= 11 is 0. The third-order valence-electron chi connectivity index (χ3n) is 9.93. The molecule has 13 heteroatoms. The van der Waals surface area contributed by atoms with Crippen LogP contribution in [-0.4, -0.2) is 95.0 Å². The van der Waals surface area contributed by atoms with E-state index < -0.39 is 76.4 Å². The Morgan fingerprint density at radius 1 is 0.981 bits per heavy atom. The van der Waals surface area contributed by atoms with E-state index in [0.29, 0.717) is 17.5 Å². The molecule has 280 valence electrons. The van der Waals surface area contributed by atoms with Gasteiger partial charge in [-0.15, -0.1) is 18.9 Å². The van der Waals surface area contributed by atoms with Gasteiger partial charge in [0.2, 0.25) is 23.5 Å². The molecule has 13 nitrogen and oxygen atoms in total. The van der Waals surface area contributed by atoms with Crippen molar-refractivity contribution in [2.45, 2.75) is 97.8 Å². The molecule has 0 radical (unpaired) electrons. The van der Waals surface area contributed by atoms with Gasteiger partial charge in [0.15, 0.2) is 0 Å². The minimum Gasteiger partial charge on any atom is -0.346 e. The van der Waals surface area contributed by atoms with Crippen LogP contribution in [0.2, 0.25) is 0 Å². The fourth-order valence-electron chi connectivity index (χ4n) is 6.57. The lowest BCUT2D eigenvalue weighted by Crippen LogP contribution is -2.62. The first-order valence-electron chi connectivity index (χ1n) is 17.9. The first-order chi connectivity index (χ1) is 24.4. The molecule has 1 unspecified atom stereocenters. The first-order valence-corrected chi connectivity index (χ1v) is 17.9. The third kappa shape index (κ3) is 9.46. The fraction of sp³-hybridized carbons (Fsp3) is 0.564. The van der Waals surface area contributed by atoms with Crippen LogP contribution in [-0.2, 0) is 30.4 Å². The fourth-order valence-corrected chi connectivity index (χ4v) is 6.57. The number of carbonyl (C=O) groups is 7. The average molecular weight is 717 g/mol. The molecule has 0 spiro atoms. The summed E-state index contributed by atoms with van der Waals surface area (Å²) in [6.07, 6.45) is 9.70. The maximum Gasteiger partial charge on any atom is 0.315 e. The van der Waals surface area contributed by atoms with Gasteiger partial charge in [-0.3, -0.25) is 33.7 Å². The molecular weight excluding hydrogens is 664 g/mol. The normalized spacial score (nSPS) is 20.5. The van der Waals surface area contributed by atoms with Gasteiger partial charge in [0.25, 0.3) is 11.8 Å². The Hall–Kier alpha value is -4.99. The number of hydrogen-bond acceptors (Lipinski definition) is 7. The number of fused-ring (bicyclic) bond motifs is 1. The Labute approximate surface area is 306 Å². The summed E-state index contributed by atoms with van der Waals surface area (Å²) in [7, 11) is 0. The number of benzene rings is 1. The van der Waals surface area contributed by atoms with Crippen molar-refractivity contribution in [3.05, 3.63) is 48.0 Å². The summed E-state index contributed by atoms with van der Waals surface area (Å²) in [5.74, 6) is -1.49. The minimum absolute atomic E-state index is 0.0623. The Morgan fingerprint density at radius 3 is 2.25 bits per heavy atom. The Balaban J connectivity index is 1.51. The zero-order chi connectivity index (χ0) is 38.5. The van der Waals surface area contributed by atoms with Crippen LogP contribution in [0.3, 0.4) is 0 Å². The number of rotatable bonds is 13. The number of urea groups is 1. The van der Waals surface area contributed by atoms with Crippen LogP contribution in [0.25, 0.3) is 0 Å². The molecule has 1 saturated carbocycles. The van der Waals surface area contributed by atoms with Crippen LogP contribution in [0.15, 0.2) is 36.9 Å². The molecule has 4 rings (SSSR count). The quantitative estimate of drug-likeness (QED) is 0.105. The Kier molecular flexibility index (Phi) is 12.3. The highest BCUT2D eigenvalue weighted by Gasteiger charge is 2.47. The van der Waals surface area contributed by atoms with Crippen LogP contribution in [0.5, 0.6) is 0 Å². The van der Waals surface area contributed by atoms with Gasteiger partial charge < -0.3 is 26.2 Å². The summed E-state index contributed by atoms with van der Waals surface area (Å²) < 4.78 is 0. The first kappa shape index (κ1) is 39.8. The van der Waals surface area contributed by atoms with Crippen molar-refractivity contribution >= 4 is 41.4 Å². The van der Waals surface area contributed by atoms with Crippen molar-refractivity contribution in [1.82, 2.24) is 31.1 Å². The number of Topliss-reactive ketones (excluding diaryl/α,β-unsaturated/α-hetero) is 1. The van der Waals surface area contributed by atoms with E-state index in [9.17, 15) is 33.6 Å². The Morgan fingerprint density at radius 2 is 1.65 bits per heavy atom. The van der Waals surface area contributed by atoms with Gasteiger partial charge in [-0.25, -0.2) is 4.79 Å². The number of carbonyl (C=O) groups excluding carboxylic acids is 7. The van der Waals surface area contributed by atoms with Crippen LogP contribution in [0, 0.1) is 35.0 Å². The number of ketones is 1. The van der Waals surface area contributed by atoms with Gasteiger partial charge in [0.1, 0.15) is 12.1 Å². The second-order valence-electron chi connectivity index (χ2n) is 16.1. The van der Waals surface area contributed by atoms with Crippen molar-refractivity contribution in [3.63, 3.8) is 0 Å². The van der Waals surface area contributed by atoms with Crippen LogP contribution in [0.1, 0.15) is 83.1 Å². The maximum absolute atomic E-state index is 14.3. The molecule has 2 aliphatic heterocycles. The number of hydrogen-bond donors (Lipinski definition) is 4. The second-order valence-corrected chi connectivity index (χ2v) is 16.1. The van der Waals surface area contributed by atoms with Gasteiger partial charge in [-0.05, 0) is 41.2 Å². The smallest absolute Gasteiger partial charge is 0.315 e. The highest BCUT2D eigenvalue weighted by atomic mass is 16.2. The number of nitrogens with zero attached hydrogens (tertiary/aromatic N) is 2. The maximum atomic E-state index is 14.3. The minimum atomic E-state index is -1.14. The van der Waals surface area contributed by atoms with Crippen molar-refractivity contribution in [3.8, 4) is 12.3 Å². The number of terminal acetylenes is 1. The molecule has 1 aliphatic carbocycles. The highest BCUT2D eigenvalue weighted by Crippen LogP contribution is 2.34. The highest BCUT2D eigenvalue weighted by molar-refractivity contribution is 6.38. The molecule has 1 aromatic rings. The summed E-state index contributed by atoms with van der Waals surface area (Å²) in [5.41, 5.74) is -0.354. The molecule has 2 heterocycles. The molecule has 3 aliphatic rings. The summed E-state index contributed by atoms with van der Waals surface area (Å²) in [4.78, 5) is 96.5. The van der Waals surface area contributed by atoms with Crippen LogP contribution < -0.4 is 21.3 Å². The van der Waals surface area contributed by atoms with Crippen LogP contribution in [0.4, 0.5) is 4.79 Å². The van der Waals surface area contributed by atoms with Gasteiger partial charge >= 0.3 is 6.03 Å². The average Bonchev–Trinajstić information content (AvgIpc) is 3.79. The molecule has 0 bridgehead atoms. The van der Waals surface area contributed by atoms with Crippen molar-refractivity contribution < 1.29 is 33.6 Å². The predicted octanol–water partition coefficient (Wildman–Crippen LogP) is 2.35. The molecule has 0 aromatic heterocycles. The number of nitrogens with one attached hydrogen (secondary N) is 4. The molecular formula is C39H52N6O7. The summed E-state index contributed by atoms with van der Waals surface area (Å²) in [6.45, 7) is 14.6. The molecule has 1 aromatic carbocycles. The van der Waals surface area contributed by atoms with Gasteiger partial charge in [-0.2, -0.15) is 0 Å². The predicted molar refractivity (Wildman–Crippen MR) is 194 cm³/mol. The van der Waals surface area contributed by atoms with E-state index in [-0.39, 0.29) is 44.3 Å². The van der Waals surface area contributed by atoms with Crippen molar-refractivity contribution in [2.75, 3.05) is 19.6 Å². The number of likely N-dealkylation sites (tertiary alicyclic amines) is 1. The zero-order valence-corrected chi connectivity index (χ0v) is 31.0. The van der Waals surface area contributed by atoms with E-state index >= 15 is 0 Å². The third-order valence-corrected chi connectivity index (χ3v) is 9.93. The van der Waals surface area contributed by atoms with E-state index in [2.05, 4.69) is 33.8 Å². The second kappa shape index (κ2) is 16.1. The van der Waals surface area contributed by atoms with E-state index in [0.717, 1.165) is 17.7 Å². The molecule has 7 amide bonds. The molecule has 1 saturated heterocycles. The standard InChI is InChI=1S/C39H52N6O7/c1-9-18-40-34(49)31(47)27(20-23-15-16-23)41-33(48)30-24(10-2)17-19-44(30)36(51)32(39(6,7)8)43-37(52)42-28(38(3,4)5)22-45-29(46)21-25-13-11-12-14-26(25)35(45)50/h2,9,11-14,23-24,27-28,30,32H,1,15-22H2,3-8H3,(H,40,49)(H,41,48)(H2,42,43,52)/t24-,27?,28+,30-,32+/m0/s1. The van der Waals surface area contributed by atoms with E-state index in [1.165, 1.54) is 11.0 Å². The van der Waals surface area contributed by atoms with E-state index in [1.54, 1.807) is 45.0 Å².